The Morgan fingerprint density at radius 2 is 1.43 bits per heavy atom. The summed E-state index contributed by atoms with van der Waals surface area (Å²) in [5.41, 5.74) is 0. The van der Waals surface area contributed by atoms with Gasteiger partial charge in [0, 0.05) is 0 Å². The summed E-state index contributed by atoms with van der Waals surface area (Å²) >= 11 is 0. The van der Waals surface area contributed by atoms with Gasteiger partial charge in [0.05, 0.1) is 13.1 Å². The second-order valence-electron chi connectivity index (χ2n) is 3.34. The fraction of sp³-hybridized carbons (Fsp3) is 0.800. The lowest BCUT2D eigenvalue weighted by atomic mass is 10.00. The molecule has 0 unspecified atom stereocenters. The van der Waals surface area contributed by atoms with Crippen LogP contribution in [-0.4, -0.2) is 25.2 Å². The van der Waals surface area contributed by atoms with Crippen LogP contribution in [0.25, 0.3) is 0 Å². The van der Waals surface area contributed by atoms with E-state index in [4.69, 9.17) is 0 Å². The van der Waals surface area contributed by atoms with Crippen LogP contribution in [0.1, 0.15) is 32.6 Å². The molecule has 0 spiro atoms. The van der Waals surface area contributed by atoms with E-state index in [9.17, 15) is 9.59 Å². The van der Waals surface area contributed by atoms with Crippen molar-refractivity contribution in [3.63, 3.8) is 0 Å². The van der Waals surface area contributed by atoms with Crippen LogP contribution in [0.4, 0.5) is 0 Å². The van der Waals surface area contributed by atoms with E-state index < -0.39 is 0 Å². The van der Waals surface area contributed by atoms with Gasteiger partial charge in [-0.05, 0) is 31.6 Å². The first-order valence-electron chi connectivity index (χ1n) is 4.88. The molecular formula is C10H16N2O2. The van der Waals surface area contributed by atoms with E-state index in [-0.39, 0.29) is 0 Å². The SMILES string of the molecule is CC(CCCN=C=O)CCCN=C=O. The van der Waals surface area contributed by atoms with Crippen LogP contribution in [0, 0.1) is 5.92 Å². The third-order valence-corrected chi connectivity index (χ3v) is 2.06. The van der Waals surface area contributed by atoms with Gasteiger partial charge in [-0.1, -0.05) is 6.92 Å². The number of rotatable bonds is 8. The minimum atomic E-state index is 0.570. The van der Waals surface area contributed by atoms with Crippen molar-refractivity contribution >= 4 is 12.2 Å². The van der Waals surface area contributed by atoms with Crippen molar-refractivity contribution in [2.24, 2.45) is 15.9 Å². The fourth-order valence-electron chi connectivity index (χ4n) is 1.27. The molecule has 0 N–H and O–H groups in total. The molecule has 0 saturated heterocycles. The Morgan fingerprint density at radius 1 is 1.00 bits per heavy atom. The largest absolute Gasteiger partial charge is 0.234 e. The van der Waals surface area contributed by atoms with Crippen LogP contribution in [0.2, 0.25) is 0 Å². The summed E-state index contributed by atoms with van der Waals surface area (Å²) in [6, 6.07) is 0. The van der Waals surface area contributed by atoms with Crippen LogP contribution in [0.5, 0.6) is 0 Å². The molecule has 0 aliphatic carbocycles. The first-order chi connectivity index (χ1) is 6.81. The average molecular weight is 196 g/mol. The highest BCUT2D eigenvalue weighted by Gasteiger charge is 2.00. The van der Waals surface area contributed by atoms with Gasteiger partial charge in [-0.3, -0.25) is 0 Å². The van der Waals surface area contributed by atoms with Crippen LogP contribution in [0.3, 0.4) is 0 Å². The Labute approximate surface area is 84.1 Å². The molecule has 0 fully saturated rings. The van der Waals surface area contributed by atoms with Crippen LogP contribution < -0.4 is 0 Å². The quantitative estimate of drug-likeness (QED) is 0.338. The molecule has 0 aliphatic rings. The van der Waals surface area contributed by atoms with Gasteiger partial charge in [0.2, 0.25) is 12.2 Å². The fourth-order valence-corrected chi connectivity index (χ4v) is 1.27. The minimum absolute atomic E-state index is 0.570. The number of isocyanates is 2. The summed E-state index contributed by atoms with van der Waals surface area (Å²) in [6.07, 6.45) is 6.99. The Balaban J connectivity index is 3.31. The van der Waals surface area contributed by atoms with Crippen molar-refractivity contribution in [1.82, 2.24) is 0 Å². The lowest BCUT2D eigenvalue weighted by Crippen LogP contribution is -1.97. The molecule has 4 nitrogen and oxygen atoms in total. The van der Waals surface area contributed by atoms with E-state index in [2.05, 4.69) is 16.9 Å². The van der Waals surface area contributed by atoms with Gasteiger partial charge in [-0.15, -0.1) is 0 Å². The van der Waals surface area contributed by atoms with E-state index in [1.807, 2.05) is 0 Å². The molecule has 0 rings (SSSR count). The molecule has 0 aromatic heterocycles. The maximum atomic E-state index is 9.75. The molecule has 0 aromatic rings. The maximum Gasteiger partial charge on any atom is 0.234 e. The Kier molecular flexibility index (Phi) is 8.97. The third kappa shape index (κ3) is 8.85. The molecule has 78 valence electrons. The van der Waals surface area contributed by atoms with Gasteiger partial charge >= 0.3 is 0 Å². The monoisotopic (exact) mass is 196 g/mol. The first-order valence-corrected chi connectivity index (χ1v) is 4.88. The van der Waals surface area contributed by atoms with Gasteiger partial charge in [0.1, 0.15) is 0 Å². The van der Waals surface area contributed by atoms with Gasteiger partial charge in [-0.25, -0.2) is 19.6 Å². The highest BCUT2D eigenvalue weighted by Crippen LogP contribution is 2.12. The molecule has 0 atom stereocenters. The summed E-state index contributed by atoms with van der Waals surface area (Å²) in [5, 5.41) is 0. The van der Waals surface area contributed by atoms with E-state index >= 15 is 0 Å². The number of hydrogen-bond acceptors (Lipinski definition) is 4. The standard InChI is InChI=1S/C10H16N2O2/c1-10(4-2-6-11-8-13)5-3-7-12-9-14/h10H,2-7H2,1H3. The number of hydrogen-bond donors (Lipinski definition) is 0. The lowest BCUT2D eigenvalue weighted by Gasteiger charge is -2.07. The second-order valence-corrected chi connectivity index (χ2v) is 3.34. The van der Waals surface area contributed by atoms with Crippen LogP contribution in [-0.2, 0) is 9.59 Å². The average Bonchev–Trinajstić information content (AvgIpc) is 2.19. The van der Waals surface area contributed by atoms with Crippen molar-refractivity contribution in [2.45, 2.75) is 32.6 Å². The van der Waals surface area contributed by atoms with Crippen molar-refractivity contribution in [1.29, 1.82) is 0 Å². The van der Waals surface area contributed by atoms with Crippen molar-refractivity contribution < 1.29 is 9.59 Å². The molecule has 0 saturated carbocycles. The number of aliphatic imine (C=N–C) groups is 2. The second kappa shape index (κ2) is 9.85. The van der Waals surface area contributed by atoms with Crippen molar-refractivity contribution in [2.75, 3.05) is 13.1 Å². The lowest BCUT2D eigenvalue weighted by molar-refractivity contribution is 0.465. The Morgan fingerprint density at radius 3 is 1.79 bits per heavy atom. The highest BCUT2D eigenvalue weighted by atomic mass is 16.1. The van der Waals surface area contributed by atoms with Crippen molar-refractivity contribution in [3.05, 3.63) is 0 Å². The zero-order chi connectivity index (χ0) is 10.6. The Hall–Kier alpha value is -1.24. The van der Waals surface area contributed by atoms with Gasteiger partial charge in [0.25, 0.3) is 0 Å². The first kappa shape index (κ1) is 12.8. The number of carbonyl (C=O) groups excluding carboxylic acids is 2. The maximum absolute atomic E-state index is 9.75. The molecular weight excluding hydrogens is 180 g/mol. The molecule has 0 amide bonds. The molecule has 0 radical (unpaired) electrons. The summed E-state index contributed by atoms with van der Waals surface area (Å²) in [7, 11) is 0. The molecule has 0 bridgehead atoms. The van der Waals surface area contributed by atoms with E-state index in [0.29, 0.717) is 19.0 Å². The zero-order valence-electron chi connectivity index (χ0n) is 8.53. The minimum Gasteiger partial charge on any atom is -0.211 e. The Bertz CT molecular complexity index is 204. The summed E-state index contributed by atoms with van der Waals surface area (Å²) < 4.78 is 0. The van der Waals surface area contributed by atoms with Gasteiger partial charge < -0.3 is 0 Å². The molecule has 0 aliphatic heterocycles. The summed E-state index contributed by atoms with van der Waals surface area (Å²) in [4.78, 5) is 26.5. The normalized spacial score (nSPS) is 11.2. The van der Waals surface area contributed by atoms with Crippen LogP contribution >= 0.6 is 0 Å². The van der Waals surface area contributed by atoms with E-state index in [1.165, 1.54) is 12.2 Å². The van der Waals surface area contributed by atoms with Crippen molar-refractivity contribution in [3.8, 4) is 0 Å². The van der Waals surface area contributed by atoms with E-state index in [1.54, 1.807) is 0 Å². The molecule has 14 heavy (non-hydrogen) atoms. The zero-order valence-corrected chi connectivity index (χ0v) is 8.53. The summed E-state index contributed by atoms with van der Waals surface area (Å²) in [6.45, 7) is 3.29. The van der Waals surface area contributed by atoms with Crippen LogP contribution in [0.15, 0.2) is 9.98 Å². The smallest absolute Gasteiger partial charge is 0.211 e. The van der Waals surface area contributed by atoms with Gasteiger partial charge in [-0.2, -0.15) is 0 Å². The number of nitrogens with zero attached hydrogens (tertiary/aromatic N) is 2. The summed E-state index contributed by atoms with van der Waals surface area (Å²) in [5.74, 6) is 0.596. The third-order valence-electron chi connectivity index (χ3n) is 2.06. The highest BCUT2D eigenvalue weighted by molar-refractivity contribution is 5.32. The predicted octanol–water partition coefficient (Wildman–Crippen LogP) is 1.85. The van der Waals surface area contributed by atoms with Gasteiger partial charge in [0.15, 0.2) is 0 Å². The molecule has 0 heterocycles. The topological polar surface area (TPSA) is 58.9 Å². The predicted molar refractivity (Wildman–Crippen MR) is 53.6 cm³/mol. The van der Waals surface area contributed by atoms with E-state index in [0.717, 1.165) is 25.7 Å². The molecule has 0 aromatic carbocycles. The molecule has 4 heteroatoms.